The zero-order valence-electron chi connectivity index (χ0n) is 10.2. The van der Waals surface area contributed by atoms with Crippen LogP contribution in [0.3, 0.4) is 0 Å². The molecule has 1 atom stereocenters. The summed E-state index contributed by atoms with van der Waals surface area (Å²) in [6.07, 6.45) is 1.24. The molecule has 1 aliphatic heterocycles. The minimum atomic E-state index is -1.19. The first-order chi connectivity index (χ1) is 9.02. The summed E-state index contributed by atoms with van der Waals surface area (Å²) in [7, 11) is 0. The Labute approximate surface area is 108 Å². The largest absolute Gasteiger partial charge is 0.396 e. The van der Waals surface area contributed by atoms with Gasteiger partial charge in [0.25, 0.3) is 5.91 Å². The Balaban J connectivity index is 2.17. The third-order valence-electron chi connectivity index (χ3n) is 3.33. The van der Waals surface area contributed by atoms with Gasteiger partial charge in [0.05, 0.1) is 0 Å². The third kappa shape index (κ3) is 2.89. The first kappa shape index (κ1) is 13.9. The molecule has 1 unspecified atom stereocenters. The summed E-state index contributed by atoms with van der Waals surface area (Å²) in [4.78, 5) is 13.3. The van der Waals surface area contributed by atoms with Crippen LogP contribution >= 0.6 is 0 Å². The molecule has 0 aliphatic carbocycles. The number of carbonyl (C=O) groups is 1. The minimum absolute atomic E-state index is 0.0198. The Morgan fingerprint density at radius 1 is 1.32 bits per heavy atom. The van der Waals surface area contributed by atoms with Crippen LogP contribution in [0.15, 0.2) is 12.1 Å². The Morgan fingerprint density at radius 3 is 2.53 bits per heavy atom. The third-order valence-corrected chi connectivity index (χ3v) is 3.33. The van der Waals surface area contributed by atoms with E-state index in [-0.39, 0.29) is 12.5 Å². The standard InChI is InChI=1S/C13H14F3NO2/c14-9-5-10(15)12(11(16)6-9)13(19)17-3-1-8(7-17)2-4-18/h5-6,8,18H,1-4,7H2. The maximum absolute atomic E-state index is 13.5. The molecule has 19 heavy (non-hydrogen) atoms. The van der Waals surface area contributed by atoms with Crippen LogP contribution in [0.5, 0.6) is 0 Å². The molecule has 0 spiro atoms. The van der Waals surface area contributed by atoms with Crippen LogP contribution in [-0.2, 0) is 0 Å². The van der Waals surface area contributed by atoms with Crippen molar-refractivity contribution in [3.8, 4) is 0 Å². The Morgan fingerprint density at radius 2 is 1.95 bits per heavy atom. The van der Waals surface area contributed by atoms with Gasteiger partial charge in [0.1, 0.15) is 23.0 Å². The van der Waals surface area contributed by atoms with E-state index >= 15 is 0 Å². The van der Waals surface area contributed by atoms with Gasteiger partial charge in [0.15, 0.2) is 0 Å². The first-order valence-corrected chi connectivity index (χ1v) is 6.07. The molecule has 6 heteroatoms. The maximum atomic E-state index is 13.5. The molecule has 1 aromatic carbocycles. The number of aliphatic hydroxyl groups is 1. The highest BCUT2D eigenvalue weighted by Crippen LogP contribution is 2.23. The van der Waals surface area contributed by atoms with Crippen LogP contribution in [0, 0.1) is 23.4 Å². The van der Waals surface area contributed by atoms with Crippen molar-refractivity contribution in [2.75, 3.05) is 19.7 Å². The molecule has 3 nitrogen and oxygen atoms in total. The number of aliphatic hydroxyl groups excluding tert-OH is 1. The topological polar surface area (TPSA) is 40.5 Å². The summed E-state index contributed by atoms with van der Waals surface area (Å²) in [5.41, 5.74) is -0.717. The van der Waals surface area contributed by atoms with Crippen molar-refractivity contribution in [3.63, 3.8) is 0 Å². The smallest absolute Gasteiger partial charge is 0.259 e. The van der Waals surface area contributed by atoms with Gasteiger partial charge in [0.2, 0.25) is 0 Å². The predicted molar refractivity (Wildman–Crippen MR) is 62.0 cm³/mol. The molecule has 0 saturated carbocycles. The molecule has 0 radical (unpaired) electrons. The highest BCUT2D eigenvalue weighted by Gasteiger charge is 2.30. The zero-order chi connectivity index (χ0) is 14.0. The van der Waals surface area contributed by atoms with Crippen LogP contribution in [0.1, 0.15) is 23.2 Å². The Kier molecular flexibility index (Phi) is 4.09. The van der Waals surface area contributed by atoms with Gasteiger partial charge in [-0.1, -0.05) is 0 Å². The summed E-state index contributed by atoms with van der Waals surface area (Å²) < 4.78 is 39.8. The molecule has 1 aromatic rings. The van der Waals surface area contributed by atoms with Crippen LogP contribution in [0.2, 0.25) is 0 Å². The molecule has 1 N–H and O–H groups in total. The maximum Gasteiger partial charge on any atom is 0.259 e. The number of rotatable bonds is 3. The van der Waals surface area contributed by atoms with Crippen molar-refractivity contribution >= 4 is 5.91 Å². The van der Waals surface area contributed by atoms with E-state index < -0.39 is 28.9 Å². The lowest BCUT2D eigenvalue weighted by atomic mass is 10.1. The summed E-state index contributed by atoms with van der Waals surface area (Å²) in [5.74, 6) is -4.05. The van der Waals surface area contributed by atoms with Gasteiger partial charge in [-0.25, -0.2) is 13.2 Å². The van der Waals surface area contributed by atoms with E-state index in [1.54, 1.807) is 0 Å². The van der Waals surface area contributed by atoms with E-state index in [0.717, 1.165) is 0 Å². The van der Waals surface area contributed by atoms with Gasteiger partial charge in [0, 0.05) is 31.8 Å². The van der Waals surface area contributed by atoms with E-state index in [2.05, 4.69) is 0 Å². The van der Waals surface area contributed by atoms with Crippen LogP contribution in [0.25, 0.3) is 0 Å². The van der Waals surface area contributed by atoms with E-state index in [0.29, 0.717) is 38.1 Å². The monoisotopic (exact) mass is 273 g/mol. The van der Waals surface area contributed by atoms with E-state index in [4.69, 9.17) is 5.11 Å². The number of halogens is 3. The second kappa shape index (κ2) is 5.61. The minimum Gasteiger partial charge on any atom is -0.396 e. The average Bonchev–Trinajstić information content (AvgIpc) is 2.76. The van der Waals surface area contributed by atoms with Gasteiger partial charge in [-0.3, -0.25) is 4.79 Å². The lowest BCUT2D eigenvalue weighted by Crippen LogP contribution is -2.30. The number of hydrogen-bond acceptors (Lipinski definition) is 2. The molecule has 2 rings (SSSR count). The van der Waals surface area contributed by atoms with Crippen LogP contribution < -0.4 is 0 Å². The molecule has 0 bridgehead atoms. The molecule has 1 saturated heterocycles. The van der Waals surface area contributed by atoms with Crippen molar-refractivity contribution in [1.29, 1.82) is 0 Å². The van der Waals surface area contributed by atoms with E-state index in [1.807, 2.05) is 0 Å². The van der Waals surface area contributed by atoms with Crippen molar-refractivity contribution in [1.82, 2.24) is 4.90 Å². The Bertz CT molecular complexity index is 470. The van der Waals surface area contributed by atoms with Crippen molar-refractivity contribution in [2.45, 2.75) is 12.8 Å². The van der Waals surface area contributed by atoms with Gasteiger partial charge in [-0.2, -0.15) is 0 Å². The Hall–Kier alpha value is -1.56. The quantitative estimate of drug-likeness (QED) is 0.914. The predicted octanol–water partition coefficient (Wildman–Crippen LogP) is 1.95. The summed E-state index contributed by atoms with van der Waals surface area (Å²) >= 11 is 0. The second-order valence-corrected chi connectivity index (χ2v) is 4.66. The molecule has 1 heterocycles. The molecule has 1 fully saturated rings. The molecule has 104 valence electrons. The fraction of sp³-hybridized carbons (Fsp3) is 0.462. The lowest BCUT2D eigenvalue weighted by molar-refractivity contribution is 0.0775. The molecule has 1 aliphatic rings. The fourth-order valence-corrected chi connectivity index (χ4v) is 2.34. The van der Waals surface area contributed by atoms with E-state index in [1.165, 1.54) is 4.90 Å². The lowest BCUT2D eigenvalue weighted by Gasteiger charge is -2.17. The molecule has 0 aromatic heterocycles. The highest BCUT2D eigenvalue weighted by molar-refractivity contribution is 5.95. The highest BCUT2D eigenvalue weighted by atomic mass is 19.1. The van der Waals surface area contributed by atoms with Crippen molar-refractivity contribution in [2.24, 2.45) is 5.92 Å². The van der Waals surface area contributed by atoms with Gasteiger partial charge in [-0.05, 0) is 18.8 Å². The number of nitrogens with zero attached hydrogens (tertiary/aromatic N) is 1. The van der Waals surface area contributed by atoms with Gasteiger partial charge >= 0.3 is 0 Å². The molecular formula is C13H14F3NO2. The van der Waals surface area contributed by atoms with Crippen LogP contribution in [-0.4, -0.2) is 35.6 Å². The van der Waals surface area contributed by atoms with Gasteiger partial charge < -0.3 is 10.0 Å². The number of hydrogen-bond donors (Lipinski definition) is 1. The van der Waals surface area contributed by atoms with E-state index in [9.17, 15) is 18.0 Å². The first-order valence-electron chi connectivity index (χ1n) is 6.07. The second-order valence-electron chi connectivity index (χ2n) is 4.66. The summed E-state index contributed by atoms with van der Waals surface area (Å²) in [6.45, 7) is 0.765. The number of carbonyl (C=O) groups excluding carboxylic acids is 1. The zero-order valence-corrected chi connectivity index (χ0v) is 10.2. The molecule has 1 amide bonds. The summed E-state index contributed by atoms with van der Waals surface area (Å²) in [5, 5.41) is 8.82. The SMILES string of the molecule is O=C(c1c(F)cc(F)cc1F)N1CCC(CCO)C1. The normalized spacial score (nSPS) is 18.9. The van der Waals surface area contributed by atoms with Crippen LogP contribution in [0.4, 0.5) is 13.2 Å². The van der Waals surface area contributed by atoms with Crippen molar-refractivity contribution < 1.29 is 23.1 Å². The number of benzene rings is 1. The van der Waals surface area contributed by atoms with Gasteiger partial charge in [-0.15, -0.1) is 0 Å². The average molecular weight is 273 g/mol. The fourth-order valence-electron chi connectivity index (χ4n) is 2.34. The molecular weight excluding hydrogens is 259 g/mol. The van der Waals surface area contributed by atoms with Crippen molar-refractivity contribution in [3.05, 3.63) is 35.1 Å². The number of likely N-dealkylation sites (tertiary alicyclic amines) is 1. The number of amides is 1. The summed E-state index contributed by atoms with van der Waals surface area (Å²) in [6, 6.07) is 0.995.